The van der Waals surface area contributed by atoms with Gasteiger partial charge in [0.25, 0.3) is 0 Å². The SMILES string of the molecule is CC1(C)c2cc3ccccc3cc2-c2cc3ccc(N(c4cccc(-c5ccccc5)c4)c4ccc5c(c4)C(C)(C)c4cc6oc7ccccc7c6cc4-5)cc3cc21. The lowest BCUT2D eigenvalue weighted by atomic mass is 9.81. The fourth-order valence-electron chi connectivity index (χ4n) is 10.3. The molecule has 10 aromatic rings. The van der Waals surface area contributed by atoms with Crippen LogP contribution in [-0.2, 0) is 10.8 Å². The van der Waals surface area contributed by atoms with Crippen molar-refractivity contribution in [1.29, 1.82) is 0 Å². The Hall–Kier alpha value is -6.90. The van der Waals surface area contributed by atoms with Gasteiger partial charge in [0.1, 0.15) is 11.2 Å². The highest BCUT2D eigenvalue weighted by Crippen LogP contribution is 2.54. The Morgan fingerprint density at radius 3 is 1.71 bits per heavy atom. The summed E-state index contributed by atoms with van der Waals surface area (Å²) in [6, 6.07) is 65.2. The molecule has 0 saturated carbocycles. The van der Waals surface area contributed by atoms with Crippen molar-refractivity contribution in [3.05, 3.63) is 198 Å². The van der Waals surface area contributed by atoms with Gasteiger partial charge in [0.2, 0.25) is 0 Å². The quantitative estimate of drug-likeness (QED) is 0.178. The minimum atomic E-state index is -0.222. The first kappa shape index (κ1) is 33.3. The molecular weight excluding hydrogens is 703 g/mol. The minimum Gasteiger partial charge on any atom is -0.456 e. The van der Waals surface area contributed by atoms with Gasteiger partial charge >= 0.3 is 0 Å². The van der Waals surface area contributed by atoms with Crippen molar-refractivity contribution in [3.8, 4) is 33.4 Å². The fourth-order valence-corrected chi connectivity index (χ4v) is 10.3. The first-order valence-corrected chi connectivity index (χ1v) is 20.4. The van der Waals surface area contributed by atoms with Gasteiger partial charge in [-0.15, -0.1) is 0 Å². The van der Waals surface area contributed by atoms with Gasteiger partial charge in [0, 0.05) is 38.7 Å². The number of nitrogens with zero attached hydrogens (tertiary/aromatic N) is 1. The number of anilines is 3. The zero-order valence-electron chi connectivity index (χ0n) is 33.1. The highest BCUT2D eigenvalue weighted by Gasteiger charge is 2.38. The molecule has 2 heteroatoms. The standard InChI is InChI=1S/C56H41NO/c1-55(2)49-29-37-16-9-8-15-36(37)27-45(49)46-28-38-21-22-41(26-39(38)30-50(46)55)57(40-18-12-17-35(25-40)34-13-6-5-7-14-34)42-23-24-43-47-32-48-44-19-10-11-20-53(44)58-54(48)33-52(47)56(3,4)51(43)31-42/h5-33H,1-4H3. The van der Waals surface area contributed by atoms with Crippen LogP contribution in [0.4, 0.5) is 17.1 Å². The molecule has 58 heavy (non-hydrogen) atoms. The molecule has 2 aliphatic rings. The van der Waals surface area contributed by atoms with Crippen LogP contribution in [0.2, 0.25) is 0 Å². The summed E-state index contributed by atoms with van der Waals surface area (Å²) in [5.41, 5.74) is 18.0. The van der Waals surface area contributed by atoms with Gasteiger partial charge in [-0.3, -0.25) is 0 Å². The molecule has 0 fully saturated rings. The van der Waals surface area contributed by atoms with E-state index in [1.165, 1.54) is 82.6 Å². The number of hydrogen-bond acceptors (Lipinski definition) is 2. The van der Waals surface area contributed by atoms with Gasteiger partial charge in [-0.05, 0) is 156 Å². The number of para-hydroxylation sites is 1. The van der Waals surface area contributed by atoms with E-state index in [9.17, 15) is 0 Å². The maximum Gasteiger partial charge on any atom is 0.135 e. The molecule has 276 valence electrons. The average molecular weight is 744 g/mol. The molecule has 0 bridgehead atoms. The maximum absolute atomic E-state index is 6.40. The molecule has 2 nitrogen and oxygen atoms in total. The van der Waals surface area contributed by atoms with Gasteiger partial charge in [-0.1, -0.05) is 125 Å². The van der Waals surface area contributed by atoms with Crippen LogP contribution in [0.1, 0.15) is 49.9 Å². The maximum atomic E-state index is 6.40. The van der Waals surface area contributed by atoms with Crippen molar-refractivity contribution in [3.63, 3.8) is 0 Å². The van der Waals surface area contributed by atoms with Crippen molar-refractivity contribution in [2.45, 2.75) is 38.5 Å². The van der Waals surface area contributed by atoms with Crippen molar-refractivity contribution >= 4 is 60.5 Å². The molecule has 0 radical (unpaired) electrons. The van der Waals surface area contributed by atoms with Crippen molar-refractivity contribution < 1.29 is 4.42 Å². The summed E-state index contributed by atoms with van der Waals surface area (Å²) in [6.07, 6.45) is 0. The van der Waals surface area contributed by atoms with E-state index in [1.807, 2.05) is 6.07 Å². The van der Waals surface area contributed by atoms with Crippen LogP contribution in [0.15, 0.2) is 180 Å². The Morgan fingerprint density at radius 2 is 0.914 bits per heavy atom. The third-order valence-corrected chi connectivity index (χ3v) is 13.4. The highest BCUT2D eigenvalue weighted by molar-refractivity contribution is 6.08. The van der Waals surface area contributed by atoms with E-state index in [1.54, 1.807) is 0 Å². The lowest BCUT2D eigenvalue weighted by Gasteiger charge is -2.29. The van der Waals surface area contributed by atoms with Crippen LogP contribution in [0.5, 0.6) is 0 Å². The van der Waals surface area contributed by atoms with Gasteiger partial charge in [-0.25, -0.2) is 0 Å². The number of hydrogen-bond donors (Lipinski definition) is 0. The molecule has 9 aromatic carbocycles. The number of benzene rings is 9. The van der Waals surface area contributed by atoms with E-state index in [4.69, 9.17) is 4.42 Å². The molecule has 12 rings (SSSR count). The zero-order chi connectivity index (χ0) is 38.9. The summed E-state index contributed by atoms with van der Waals surface area (Å²) in [6.45, 7) is 9.48. The van der Waals surface area contributed by atoms with Gasteiger partial charge in [0.15, 0.2) is 0 Å². The van der Waals surface area contributed by atoms with E-state index >= 15 is 0 Å². The first-order chi connectivity index (χ1) is 28.2. The Morgan fingerprint density at radius 1 is 0.345 bits per heavy atom. The molecule has 0 atom stereocenters. The molecule has 0 aliphatic heterocycles. The summed E-state index contributed by atoms with van der Waals surface area (Å²) >= 11 is 0. The van der Waals surface area contributed by atoms with Crippen molar-refractivity contribution in [2.24, 2.45) is 0 Å². The van der Waals surface area contributed by atoms with Crippen LogP contribution in [0.25, 0.3) is 76.9 Å². The third-order valence-electron chi connectivity index (χ3n) is 13.4. The first-order valence-electron chi connectivity index (χ1n) is 20.4. The Bertz CT molecular complexity index is 3350. The second kappa shape index (κ2) is 11.8. The predicted octanol–water partition coefficient (Wildman–Crippen LogP) is 15.6. The van der Waals surface area contributed by atoms with Crippen LogP contribution < -0.4 is 4.90 Å². The molecule has 1 heterocycles. The fraction of sp³-hybridized carbons (Fsp3) is 0.107. The largest absolute Gasteiger partial charge is 0.456 e. The normalized spacial score (nSPS) is 14.5. The lowest BCUT2D eigenvalue weighted by molar-refractivity contribution is 0.647. The van der Waals surface area contributed by atoms with E-state index in [0.717, 1.165) is 33.6 Å². The molecule has 1 aromatic heterocycles. The van der Waals surface area contributed by atoms with Crippen molar-refractivity contribution in [1.82, 2.24) is 0 Å². The Balaban J connectivity index is 1.03. The van der Waals surface area contributed by atoms with E-state index in [0.29, 0.717) is 0 Å². The molecule has 0 amide bonds. The summed E-state index contributed by atoms with van der Waals surface area (Å²) in [4.78, 5) is 2.45. The summed E-state index contributed by atoms with van der Waals surface area (Å²) in [7, 11) is 0. The topological polar surface area (TPSA) is 16.4 Å². The van der Waals surface area contributed by atoms with Crippen LogP contribution >= 0.6 is 0 Å². The summed E-state index contributed by atoms with van der Waals surface area (Å²) < 4.78 is 6.40. The average Bonchev–Trinajstić information content (AvgIpc) is 3.80. The Labute approximate surface area is 338 Å². The monoisotopic (exact) mass is 743 g/mol. The van der Waals surface area contributed by atoms with Gasteiger partial charge in [-0.2, -0.15) is 0 Å². The molecule has 2 aliphatic carbocycles. The molecule has 0 spiro atoms. The van der Waals surface area contributed by atoms with Crippen LogP contribution in [-0.4, -0.2) is 0 Å². The van der Waals surface area contributed by atoms with Crippen LogP contribution in [0, 0.1) is 0 Å². The Kier molecular flexibility index (Phi) is 6.78. The van der Waals surface area contributed by atoms with E-state index < -0.39 is 0 Å². The second-order valence-electron chi connectivity index (χ2n) is 17.4. The number of rotatable bonds is 4. The van der Waals surface area contributed by atoms with Crippen LogP contribution in [0.3, 0.4) is 0 Å². The smallest absolute Gasteiger partial charge is 0.135 e. The van der Waals surface area contributed by atoms with E-state index in [2.05, 4.69) is 202 Å². The second-order valence-corrected chi connectivity index (χ2v) is 17.4. The number of furan rings is 1. The number of fused-ring (bicyclic) bond motifs is 11. The lowest BCUT2D eigenvalue weighted by Crippen LogP contribution is -2.16. The summed E-state index contributed by atoms with van der Waals surface area (Å²) in [5, 5.41) is 7.41. The predicted molar refractivity (Wildman–Crippen MR) is 244 cm³/mol. The van der Waals surface area contributed by atoms with Crippen molar-refractivity contribution in [2.75, 3.05) is 4.90 Å². The molecule has 0 unspecified atom stereocenters. The molecular formula is C56H41NO. The third kappa shape index (κ3) is 4.72. The molecule has 0 N–H and O–H groups in total. The summed E-state index contributed by atoms with van der Waals surface area (Å²) in [5.74, 6) is 0. The highest BCUT2D eigenvalue weighted by atomic mass is 16.3. The zero-order valence-corrected chi connectivity index (χ0v) is 33.1. The van der Waals surface area contributed by atoms with Gasteiger partial charge in [0.05, 0.1) is 0 Å². The molecule has 0 saturated heterocycles. The minimum absolute atomic E-state index is 0.115. The van der Waals surface area contributed by atoms with E-state index in [-0.39, 0.29) is 10.8 Å². The van der Waals surface area contributed by atoms with Gasteiger partial charge < -0.3 is 9.32 Å².